The average Bonchev–Trinajstić information content (AvgIpc) is 3.06. The molecule has 2 aliphatic rings. The third-order valence-corrected chi connectivity index (χ3v) is 5.31. The van der Waals surface area contributed by atoms with Gasteiger partial charge in [-0.05, 0) is 19.4 Å². The number of nitrogens with one attached hydrogen (secondary N) is 1. The largest absolute Gasteiger partial charge is 0.376 e. The summed E-state index contributed by atoms with van der Waals surface area (Å²) in [5.74, 6) is 0.658. The van der Waals surface area contributed by atoms with E-state index in [1.54, 1.807) is 14.0 Å². The quantitative estimate of drug-likeness (QED) is 0.862. The van der Waals surface area contributed by atoms with Crippen molar-refractivity contribution in [1.29, 1.82) is 5.26 Å². The van der Waals surface area contributed by atoms with Crippen LogP contribution in [-0.2, 0) is 27.3 Å². The Hall–Kier alpha value is -2.17. The Kier molecular flexibility index (Phi) is 5.44. The van der Waals surface area contributed by atoms with E-state index in [1.165, 1.54) is 0 Å². The fraction of sp³-hybridized carbons (Fsp3) is 0.632. The first-order valence-electron chi connectivity index (χ1n) is 9.02. The molecule has 2 unspecified atom stereocenters. The van der Waals surface area contributed by atoms with Gasteiger partial charge >= 0.3 is 0 Å². The topological polar surface area (TPSA) is 87.5 Å². The molecule has 0 spiro atoms. The van der Waals surface area contributed by atoms with Crippen LogP contribution in [-0.4, -0.2) is 55.2 Å². The predicted molar refractivity (Wildman–Crippen MR) is 96.6 cm³/mol. The fourth-order valence-corrected chi connectivity index (χ4v) is 3.52. The number of anilines is 1. The summed E-state index contributed by atoms with van der Waals surface area (Å²) in [6.07, 6.45) is 1.26. The summed E-state index contributed by atoms with van der Waals surface area (Å²) in [6.45, 7) is 7.17. The molecular formula is C19H26N4O3. The Morgan fingerprint density at radius 2 is 2.42 bits per heavy atom. The highest BCUT2D eigenvalue weighted by atomic mass is 16.5. The third-order valence-electron chi connectivity index (χ3n) is 5.31. The van der Waals surface area contributed by atoms with Crippen LogP contribution in [0.4, 0.5) is 5.82 Å². The molecule has 3 rings (SSSR count). The number of pyridine rings is 1. The molecule has 1 N–H and O–H groups in total. The van der Waals surface area contributed by atoms with Crippen molar-refractivity contribution in [3.05, 3.63) is 22.9 Å². The van der Waals surface area contributed by atoms with Crippen molar-refractivity contribution in [1.82, 2.24) is 9.88 Å². The molecule has 0 aromatic carbocycles. The number of aromatic nitrogens is 1. The summed E-state index contributed by atoms with van der Waals surface area (Å²) in [4.78, 5) is 18.8. The molecule has 7 nitrogen and oxygen atoms in total. The maximum Gasteiger partial charge on any atom is 0.251 e. The monoisotopic (exact) mass is 358 g/mol. The minimum absolute atomic E-state index is 0.0286. The molecule has 0 bridgehead atoms. The van der Waals surface area contributed by atoms with E-state index in [0.717, 1.165) is 30.6 Å². The van der Waals surface area contributed by atoms with E-state index in [-0.39, 0.29) is 11.3 Å². The molecule has 0 saturated carbocycles. The molecule has 2 atom stereocenters. The van der Waals surface area contributed by atoms with E-state index in [4.69, 9.17) is 9.47 Å². The lowest BCUT2D eigenvalue weighted by Gasteiger charge is -2.27. The molecule has 1 aromatic rings. The number of ether oxygens (including phenoxy) is 2. The maximum atomic E-state index is 12.3. The summed E-state index contributed by atoms with van der Waals surface area (Å²) in [6, 6.07) is 4.09. The van der Waals surface area contributed by atoms with Crippen molar-refractivity contribution in [3.63, 3.8) is 0 Å². The van der Waals surface area contributed by atoms with Crippen molar-refractivity contribution < 1.29 is 14.3 Å². The number of nitrogens with zero attached hydrogens (tertiary/aromatic N) is 3. The second kappa shape index (κ2) is 7.60. The molecule has 7 heteroatoms. The molecule has 1 fully saturated rings. The second-order valence-electron chi connectivity index (χ2n) is 7.46. The number of methoxy groups -OCH3 is 1. The van der Waals surface area contributed by atoms with Crippen LogP contribution in [0, 0.1) is 16.7 Å². The number of nitriles is 1. The van der Waals surface area contributed by atoms with Crippen molar-refractivity contribution >= 4 is 11.7 Å². The van der Waals surface area contributed by atoms with E-state index in [2.05, 4.69) is 23.3 Å². The Morgan fingerprint density at radius 3 is 3.15 bits per heavy atom. The number of likely N-dealkylation sites (tertiary alicyclic amines) is 1. The van der Waals surface area contributed by atoms with E-state index in [9.17, 15) is 10.1 Å². The van der Waals surface area contributed by atoms with Crippen molar-refractivity contribution in [2.24, 2.45) is 5.41 Å². The average molecular weight is 358 g/mol. The Morgan fingerprint density at radius 1 is 1.62 bits per heavy atom. The Bertz CT molecular complexity index is 730. The van der Waals surface area contributed by atoms with Crippen LogP contribution in [0.5, 0.6) is 0 Å². The summed E-state index contributed by atoms with van der Waals surface area (Å²) >= 11 is 0. The number of fused-ring (bicyclic) bond motifs is 1. The molecular weight excluding hydrogens is 332 g/mol. The highest BCUT2D eigenvalue weighted by Gasteiger charge is 2.37. The van der Waals surface area contributed by atoms with E-state index in [0.29, 0.717) is 37.7 Å². The molecule has 0 radical (unpaired) electrons. The lowest BCUT2D eigenvalue weighted by atomic mass is 9.90. The van der Waals surface area contributed by atoms with Crippen LogP contribution in [0.15, 0.2) is 6.07 Å². The molecule has 1 amide bonds. The van der Waals surface area contributed by atoms with Crippen LogP contribution in [0.3, 0.4) is 0 Å². The summed E-state index contributed by atoms with van der Waals surface area (Å²) in [5, 5.41) is 12.8. The predicted octanol–water partition coefficient (Wildman–Crippen LogP) is 1.71. The lowest BCUT2D eigenvalue weighted by molar-refractivity contribution is -0.140. The molecule has 26 heavy (non-hydrogen) atoms. The molecule has 3 heterocycles. The van der Waals surface area contributed by atoms with Gasteiger partial charge in [-0.15, -0.1) is 0 Å². The van der Waals surface area contributed by atoms with Gasteiger partial charge in [0.05, 0.1) is 24.5 Å². The van der Waals surface area contributed by atoms with Crippen molar-refractivity contribution in [2.45, 2.75) is 39.4 Å². The molecule has 0 aliphatic carbocycles. The fourth-order valence-electron chi connectivity index (χ4n) is 3.52. The highest BCUT2D eigenvalue weighted by molar-refractivity contribution is 5.80. The van der Waals surface area contributed by atoms with Gasteiger partial charge in [0.2, 0.25) is 0 Å². The zero-order valence-corrected chi connectivity index (χ0v) is 15.7. The minimum Gasteiger partial charge on any atom is -0.376 e. The van der Waals surface area contributed by atoms with Gasteiger partial charge in [0, 0.05) is 44.1 Å². The number of amides is 1. The number of carbonyl (C=O) groups is 1. The first-order chi connectivity index (χ1) is 12.5. The Balaban J connectivity index is 1.67. The SMILES string of the molecule is COC(C)C(=O)N1CCC(C)(CNc2nc3c(cc2C#N)COCC3)C1. The van der Waals surface area contributed by atoms with Gasteiger partial charge in [0.15, 0.2) is 0 Å². The van der Waals surface area contributed by atoms with Crippen molar-refractivity contribution in [3.8, 4) is 6.07 Å². The number of rotatable bonds is 5. The van der Waals surface area contributed by atoms with Gasteiger partial charge < -0.3 is 19.7 Å². The molecule has 2 aliphatic heterocycles. The summed E-state index contributed by atoms with van der Waals surface area (Å²) in [7, 11) is 1.55. The second-order valence-corrected chi connectivity index (χ2v) is 7.46. The van der Waals surface area contributed by atoms with E-state index < -0.39 is 6.10 Å². The van der Waals surface area contributed by atoms with Gasteiger partial charge in [0.1, 0.15) is 18.0 Å². The minimum atomic E-state index is -0.417. The van der Waals surface area contributed by atoms with Gasteiger partial charge in [-0.1, -0.05) is 6.92 Å². The highest BCUT2D eigenvalue weighted by Crippen LogP contribution is 2.31. The van der Waals surface area contributed by atoms with Crippen LogP contribution in [0.25, 0.3) is 0 Å². The van der Waals surface area contributed by atoms with Gasteiger partial charge in [0.25, 0.3) is 5.91 Å². The van der Waals surface area contributed by atoms with Crippen LogP contribution >= 0.6 is 0 Å². The third kappa shape index (κ3) is 3.81. The summed E-state index contributed by atoms with van der Waals surface area (Å²) in [5.41, 5.74) is 2.48. The van der Waals surface area contributed by atoms with Crippen LogP contribution in [0.1, 0.15) is 37.1 Å². The van der Waals surface area contributed by atoms with Crippen molar-refractivity contribution in [2.75, 3.05) is 38.7 Å². The lowest BCUT2D eigenvalue weighted by Crippen LogP contribution is -2.39. The first-order valence-corrected chi connectivity index (χ1v) is 9.02. The van der Waals surface area contributed by atoms with Gasteiger partial charge in [-0.3, -0.25) is 4.79 Å². The smallest absolute Gasteiger partial charge is 0.251 e. The standard InChI is InChI=1S/C19H26N4O3/c1-13(25-3)18(24)23-6-5-19(2,12-23)11-21-17-14(9-20)8-15-10-26-7-4-16(15)22-17/h8,13H,4-7,10-12H2,1-3H3,(H,21,22). The normalized spacial score (nSPS) is 23.2. The first kappa shape index (κ1) is 18.6. The Labute approximate surface area is 154 Å². The van der Waals surface area contributed by atoms with E-state index in [1.807, 2.05) is 11.0 Å². The number of hydrogen-bond acceptors (Lipinski definition) is 6. The molecule has 1 saturated heterocycles. The summed E-state index contributed by atoms with van der Waals surface area (Å²) < 4.78 is 10.6. The number of hydrogen-bond donors (Lipinski definition) is 1. The van der Waals surface area contributed by atoms with Gasteiger partial charge in [-0.25, -0.2) is 4.98 Å². The maximum absolute atomic E-state index is 12.3. The van der Waals surface area contributed by atoms with Crippen LogP contribution < -0.4 is 5.32 Å². The molecule has 1 aromatic heterocycles. The van der Waals surface area contributed by atoms with Crippen LogP contribution in [0.2, 0.25) is 0 Å². The number of carbonyl (C=O) groups excluding carboxylic acids is 1. The molecule has 140 valence electrons. The zero-order chi connectivity index (χ0) is 18.7. The zero-order valence-electron chi connectivity index (χ0n) is 15.7. The van der Waals surface area contributed by atoms with Gasteiger partial charge in [-0.2, -0.15) is 5.26 Å². The van der Waals surface area contributed by atoms with E-state index >= 15 is 0 Å².